The van der Waals surface area contributed by atoms with Crippen LogP contribution in [0, 0.1) is 19.7 Å². The summed E-state index contributed by atoms with van der Waals surface area (Å²) in [5, 5.41) is 3.63. The molecular weight excluding hydrogens is 279 g/mol. The molecule has 0 saturated carbocycles. The Labute approximate surface area is 128 Å². The van der Waals surface area contributed by atoms with Crippen LogP contribution in [0.2, 0.25) is 0 Å². The molecule has 0 atom stereocenters. The third-order valence-electron chi connectivity index (χ3n) is 3.78. The lowest BCUT2D eigenvalue weighted by Crippen LogP contribution is -2.23. The van der Waals surface area contributed by atoms with E-state index in [1.165, 1.54) is 12.1 Å². The third-order valence-corrected chi connectivity index (χ3v) is 3.78. The molecule has 0 bridgehead atoms. The number of carbonyl (C=O) groups is 1. The Hall–Kier alpha value is -2.62. The summed E-state index contributed by atoms with van der Waals surface area (Å²) >= 11 is 0. The van der Waals surface area contributed by atoms with Gasteiger partial charge in [0.05, 0.1) is 0 Å². The van der Waals surface area contributed by atoms with Gasteiger partial charge in [-0.3, -0.25) is 4.79 Å². The zero-order chi connectivity index (χ0) is 15.7. The molecule has 0 aliphatic carbocycles. The number of amides is 1. The maximum atomic E-state index is 13.3. The van der Waals surface area contributed by atoms with Crippen LogP contribution in [0.1, 0.15) is 27.2 Å². The highest BCUT2D eigenvalue weighted by Crippen LogP contribution is 2.22. The number of aromatic amines is 1. The Kier molecular flexibility index (Phi) is 3.67. The van der Waals surface area contributed by atoms with Gasteiger partial charge in [0.25, 0.3) is 5.91 Å². The van der Waals surface area contributed by atoms with E-state index in [1.54, 1.807) is 6.07 Å². The molecule has 2 N–H and O–H groups in total. The van der Waals surface area contributed by atoms with E-state index in [9.17, 15) is 9.18 Å². The normalized spacial score (nSPS) is 10.9. The van der Waals surface area contributed by atoms with Gasteiger partial charge in [-0.05, 0) is 43.2 Å². The van der Waals surface area contributed by atoms with Crippen molar-refractivity contribution in [1.82, 2.24) is 10.3 Å². The lowest BCUT2D eigenvalue weighted by atomic mass is 10.1. The fourth-order valence-electron chi connectivity index (χ4n) is 2.62. The summed E-state index contributed by atoms with van der Waals surface area (Å²) in [6.45, 7) is 4.30. The van der Waals surface area contributed by atoms with E-state index in [1.807, 2.05) is 38.1 Å². The molecule has 0 unspecified atom stereocenters. The highest BCUT2D eigenvalue weighted by molar-refractivity contribution is 6.00. The highest BCUT2D eigenvalue weighted by atomic mass is 19.1. The summed E-state index contributed by atoms with van der Waals surface area (Å²) in [4.78, 5) is 15.4. The topological polar surface area (TPSA) is 44.9 Å². The van der Waals surface area contributed by atoms with Crippen molar-refractivity contribution in [3.05, 3.63) is 70.7 Å². The summed E-state index contributed by atoms with van der Waals surface area (Å²) in [5.74, 6) is -0.489. The lowest BCUT2D eigenvalue weighted by Gasteiger charge is -2.05. The van der Waals surface area contributed by atoms with Crippen molar-refractivity contribution in [1.29, 1.82) is 0 Å². The van der Waals surface area contributed by atoms with Gasteiger partial charge < -0.3 is 10.3 Å². The Bertz CT molecular complexity index is 851. The first-order valence-corrected chi connectivity index (χ1v) is 7.16. The monoisotopic (exact) mass is 296 g/mol. The molecule has 0 radical (unpaired) electrons. The number of hydrogen-bond acceptors (Lipinski definition) is 1. The summed E-state index contributed by atoms with van der Waals surface area (Å²) in [6.07, 6.45) is 0. The second-order valence-electron chi connectivity index (χ2n) is 5.49. The van der Waals surface area contributed by atoms with E-state index in [0.29, 0.717) is 12.2 Å². The number of nitrogens with one attached hydrogen (secondary N) is 2. The van der Waals surface area contributed by atoms with E-state index < -0.39 is 0 Å². The smallest absolute Gasteiger partial charge is 0.268 e. The van der Waals surface area contributed by atoms with Gasteiger partial charge in [0.1, 0.15) is 11.5 Å². The molecule has 0 saturated heterocycles. The number of aromatic nitrogens is 1. The van der Waals surface area contributed by atoms with Gasteiger partial charge in [-0.2, -0.15) is 0 Å². The molecule has 3 rings (SSSR count). The van der Waals surface area contributed by atoms with Gasteiger partial charge in [0.15, 0.2) is 0 Å². The first-order valence-electron chi connectivity index (χ1n) is 7.16. The van der Waals surface area contributed by atoms with Crippen molar-refractivity contribution >= 4 is 16.8 Å². The molecule has 22 heavy (non-hydrogen) atoms. The molecule has 1 aromatic heterocycles. The van der Waals surface area contributed by atoms with Crippen LogP contribution in [0.5, 0.6) is 0 Å². The maximum Gasteiger partial charge on any atom is 0.268 e. The number of rotatable bonds is 3. The summed E-state index contributed by atoms with van der Waals surface area (Å²) < 4.78 is 13.3. The van der Waals surface area contributed by atoms with Gasteiger partial charge in [-0.15, -0.1) is 0 Å². The van der Waals surface area contributed by atoms with Gasteiger partial charge in [-0.1, -0.05) is 29.8 Å². The first-order chi connectivity index (χ1) is 10.5. The zero-order valence-corrected chi connectivity index (χ0v) is 12.5. The average Bonchev–Trinajstić information content (AvgIpc) is 2.82. The van der Waals surface area contributed by atoms with Gasteiger partial charge in [-0.25, -0.2) is 4.39 Å². The molecule has 0 aliphatic heterocycles. The van der Waals surface area contributed by atoms with Crippen LogP contribution in [-0.4, -0.2) is 10.9 Å². The standard InChI is InChI=1S/C18H17FN2O/c1-11-4-3-5-13(8-11)10-20-18(22)17-12(2)15-9-14(19)6-7-16(15)21-17/h3-9,21H,10H2,1-2H3,(H,20,22). The Morgan fingerprint density at radius 1 is 1.18 bits per heavy atom. The predicted molar refractivity (Wildman–Crippen MR) is 85.3 cm³/mol. The molecule has 0 fully saturated rings. The lowest BCUT2D eigenvalue weighted by molar-refractivity contribution is 0.0946. The van der Waals surface area contributed by atoms with Crippen LogP contribution in [0.3, 0.4) is 0 Å². The second kappa shape index (κ2) is 5.64. The summed E-state index contributed by atoms with van der Waals surface area (Å²) in [5.41, 5.74) is 4.21. The highest BCUT2D eigenvalue weighted by Gasteiger charge is 2.14. The molecule has 2 aromatic carbocycles. The molecule has 3 aromatic rings. The van der Waals surface area contributed by atoms with Crippen LogP contribution in [0.15, 0.2) is 42.5 Å². The van der Waals surface area contributed by atoms with Crippen LogP contribution in [-0.2, 0) is 6.54 Å². The largest absolute Gasteiger partial charge is 0.350 e. The SMILES string of the molecule is Cc1cccc(CNC(=O)c2[nH]c3ccc(F)cc3c2C)c1. The quantitative estimate of drug-likeness (QED) is 0.757. The van der Waals surface area contributed by atoms with Crippen molar-refractivity contribution in [3.8, 4) is 0 Å². The minimum Gasteiger partial charge on any atom is -0.350 e. The van der Waals surface area contributed by atoms with Crippen LogP contribution < -0.4 is 5.32 Å². The maximum absolute atomic E-state index is 13.3. The van der Waals surface area contributed by atoms with Crippen LogP contribution in [0.4, 0.5) is 4.39 Å². The number of carbonyl (C=O) groups excluding carboxylic acids is 1. The number of halogens is 1. The van der Waals surface area contributed by atoms with Crippen molar-refractivity contribution in [2.75, 3.05) is 0 Å². The molecule has 4 heteroatoms. The van der Waals surface area contributed by atoms with Crippen molar-refractivity contribution < 1.29 is 9.18 Å². The number of hydrogen-bond donors (Lipinski definition) is 2. The molecule has 1 heterocycles. The summed E-state index contributed by atoms with van der Waals surface area (Å²) in [6, 6.07) is 12.5. The molecule has 0 spiro atoms. The zero-order valence-electron chi connectivity index (χ0n) is 12.5. The van der Waals surface area contributed by atoms with Gasteiger partial charge in [0.2, 0.25) is 0 Å². The molecular formula is C18H17FN2O. The Morgan fingerprint density at radius 2 is 2.00 bits per heavy atom. The number of aryl methyl sites for hydroxylation is 2. The number of fused-ring (bicyclic) bond motifs is 1. The molecule has 112 valence electrons. The predicted octanol–water partition coefficient (Wildman–Crippen LogP) is 3.85. The van der Waals surface area contributed by atoms with E-state index >= 15 is 0 Å². The summed E-state index contributed by atoms with van der Waals surface area (Å²) in [7, 11) is 0. The Morgan fingerprint density at radius 3 is 2.77 bits per heavy atom. The van der Waals surface area contributed by atoms with Crippen molar-refractivity contribution in [2.45, 2.75) is 20.4 Å². The first kappa shape index (κ1) is 14.3. The molecule has 3 nitrogen and oxygen atoms in total. The van der Waals surface area contributed by atoms with Crippen molar-refractivity contribution in [3.63, 3.8) is 0 Å². The van der Waals surface area contributed by atoms with Gasteiger partial charge >= 0.3 is 0 Å². The fraction of sp³-hybridized carbons (Fsp3) is 0.167. The fourth-order valence-corrected chi connectivity index (χ4v) is 2.62. The number of H-pyrrole nitrogens is 1. The third kappa shape index (κ3) is 2.72. The minimum atomic E-state index is -0.304. The van der Waals surface area contributed by atoms with E-state index in [2.05, 4.69) is 10.3 Å². The number of benzene rings is 2. The van der Waals surface area contributed by atoms with E-state index in [4.69, 9.17) is 0 Å². The molecule has 0 aliphatic rings. The Balaban J connectivity index is 1.82. The second-order valence-corrected chi connectivity index (χ2v) is 5.49. The van der Waals surface area contributed by atoms with E-state index in [-0.39, 0.29) is 11.7 Å². The minimum absolute atomic E-state index is 0.185. The molecule has 1 amide bonds. The van der Waals surface area contributed by atoms with E-state index in [0.717, 1.165) is 27.6 Å². The van der Waals surface area contributed by atoms with Gasteiger partial charge in [0, 0.05) is 17.4 Å². The van der Waals surface area contributed by atoms with Crippen molar-refractivity contribution in [2.24, 2.45) is 0 Å². The van der Waals surface area contributed by atoms with Crippen LogP contribution in [0.25, 0.3) is 10.9 Å². The average molecular weight is 296 g/mol. The van der Waals surface area contributed by atoms with Crippen LogP contribution >= 0.6 is 0 Å².